The smallest absolute Gasteiger partial charge is 0.280 e. The summed E-state index contributed by atoms with van der Waals surface area (Å²) < 4.78 is 8.94. The van der Waals surface area contributed by atoms with Gasteiger partial charge in [0.25, 0.3) is 11.5 Å². The van der Waals surface area contributed by atoms with Crippen molar-refractivity contribution in [1.29, 1.82) is 0 Å². The zero-order valence-electron chi connectivity index (χ0n) is 21.3. The number of anilines is 1. The molecule has 10 heteroatoms. The topological polar surface area (TPSA) is 95.4 Å². The van der Waals surface area contributed by atoms with Crippen molar-refractivity contribution in [1.82, 2.24) is 14.3 Å². The molecule has 0 bridgehead atoms. The zero-order valence-corrected chi connectivity index (χ0v) is 22.8. The molecular formula is C28H25Cl2N5O3. The molecule has 2 aliphatic heterocycles. The molecule has 1 atom stereocenters. The quantitative estimate of drug-likeness (QED) is 0.377. The number of hydrogen-bond acceptors (Lipinski definition) is 5. The number of fused-ring (bicyclic) bond motifs is 8. The maximum absolute atomic E-state index is 14.1. The van der Waals surface area contributed by atoms with Gasteiger partial charge in [-0.2, -0.15) is 5.10 Å². The molecule has 2 aromatic heterocycles. The van der Waals surface area contributed by atoms with Crippen molar-refractivity contribution in [3.63, 3.8) is 0 Å². The monoisotopic (exact) mass is 549 g/mol. The van der Waals surface area contributed by atoms with Crippen molar-refractivity contribution in [2.75, 3.05) is 12.0 Å². The summed E-state index contributed by atoms with van der Waals surface area (Å²) in [7, 11) is 3.25. The summed E-state index contributed by atoms with van der Waals surface area (Å²) in [5, 5.41) is 5.43. The van der Waals surface area contributed by atoms with Crippen LogP contribution in [0.1, 0.15) is 58.7 Å². The van der Waals surface area contributed by atoms with Crippen LogP contribution in [0.25, 0.3) is 16.9 Å². The number of pyridine rings is 1. The van der Waals surface area contributed by atoms with Crippen LogP contribution in [0, 0.1) is 0 Å². The molecule has 1 amide bonds. The normalized spacial score (nSPS) is 15.4. The maximum Gasteiger partial charge on any atom is 0.280 e. The summed E-state index contributed by atoms with van der Waals surface area (Å²) in [6.07, 6.45) is 0. The highest BCUT2D eigenvalue weighted by Crippen LogP contribution is 2.53. The van der Waals surface area contributed by atoms with Gasteiger partial charge in [-0.05, 0) is 47.4 Å². The molecule has 4 aromatic rings. The van der Waals surface area contributed by atoms with Gasteiger partial charge >= 0.3 is 0 Å². The molecule has 194 valence electrons. The van der Waals surface area contributed by atoms with Crippen molar-refractivity contribution < 1.29 is 9.53 Å². The van der Waals surface area contributed by atoms with E-state index in [1.165, 1.54) is 4.57 Å². The molecule has 1 unspecified atom stereocenters. The largest absolute Gasteiger partial charge is 0.494 e. The van der Waals surface area contributed by atoms with Crippen LogP contribution in [0.2, 0.25) is 10.0 Å². The van der Waals surface area contributed by atoms with Crippen LogP contribution in [-0.4, -0.2) is 27.4 Å². The Morgan fingerprint density at radius 3 is 2.53 bits per heavy atom. The summed E-state index contributed by atoms with van der Waals surface area (Å²) in [4.78, 5) is 28.6. The molecule has 4 heterocycles. The van der Waals surface area contributed by atoms with Gasteiger partial charge in [0, 0.05) is 29.7 Å². The molecule has 6 rings (SSSR count). The van der Waals surface area contributed by atoms with Crippen LogP contribution in [0.3, 0.4) is 0 Å². The van der Waals surface area contributed by atoms with Gasteiger partial charge in [0.2, 0.25) is 0 Å². The van der Waals surface area contributed by atoms with Crippen LogP contribution in [0.4, 0.5) is 5.69 Å². The summed E-state index contributed by atoms with van der Waals surface area (Å²) >= 11 is 12.8. The van der Waals surface area contributed by atoms with Crippen molar-refractivity contribution >= 4 is 34.8 Å². The third kappa shape index (κ3) is 3.30. The fraction of sp³-hybridized carbons (Fsp3) is 0.250. The van der Waals surface area contributed by atoms with E-state index in [9.17, 15) is 9.59 Å². The number of nitrogens with zero attached hydrogens (tertiary/aromatic N) is 4. The van der Waals surface area contributed by atoms with E-state index in [1.807, 2.05) is 30.3 Å². The molecule has 2 N–H and O–H groups in total. The standard InChI is InChI=1S/C28H25Cl2N5O3/c1-13(2)24-22-23(32-35(24)19-9-14(12-31)5-8-21(19)38-4)28(37)34-20-11-18(30)27(36)33(3)25(20)17-10-15(29)6-7-16(17)26(22)34/h5-11,13,26H,12,31H2,1-4H3. The number of benzene rings is 2. The molecule has 0 saturated carbocycles. The minimum atomic E-state index is -0.472. The minimum Gasteiger partial charge on any atom is -0.494 e. The minimum absolute atomic E-state index is 0.00565. The van der Waals surface area contributed by atoms with Gasteiger partial charge in [-0.15, -0.1) is 0 Å². The highest BCUT2D eigenvalue weighted by molar-refractivity contribution is 6.32. The van der Waals surface area contributed by atoms with Gasteiger partial charge in [-0.1, -0.05) is 49.2 Å². The Labute approximate surface area is 229 Å². The molecular weight excluding hydrogens is 525 g/mol. The summed E-state index contributed by atoms with van der Waals surface area (Å²) in [6.45, 7) is 4.50. The van der Waals surface area contributed by atoms with E-state index in [1.54, 1.807) is 35.9 Å². The van der Waals surface area contributed by atoms with Crippen LogP contribution < -0.4 is 20.9 Å². The summed E-state index contributed by atoms with van der Waals surface area (Å²) in [6, 6.07) is 12.3. The Morgan fingerprint density at radius 1 is 1.08 bits per heavy atom. The van der Waals surface area contributed by atoms with Crippen LogP contribution in [-0.2, 0) is 13.6 Å². The fourth-order valence-corrected chi connectivity index (χ4v) is 6.10. The third-order valence-corrected chi connectivity index (χ3v) is 7.85. The lowest BCUT2D eigenvalue weighted by molar-refractivity contribution is 0.0988. The second kappa shape index (κ2) is 8.73. The molecule has 0 radical (unpaired) electrons. The highest BCUT2D eigenvalue weighted by Gasteiger charge is 2.49. The maximum atomic E-state index is 14.1. The summed E-state index contributed by atoms with van der Waals surface area (Å²) in [5.74, 6) is 0.361. The van der Waals surface area contributed by atoms with E-state index in [0.717, 1.165) is 27.9 Å². The first-order valence-corrected chi connectivity index (χ1v) is 13.0. The highest BCUT2D eigenvalue weighted by atomic mass is 35.5. The van der Waals surface area contributed by atoms with Crippen molar-refractivity contribution in [3.8, 4) is 22.7 Å². The van der Waals surface area contributed by atoms with E-state index in [2.05, 4.69) is 13.8 Å². The number of rotatable bonds is 4. The Balaban J connectivity index is 1.68. The first-order chi connectivity index (χ1) is 18.2. The number of methoxy groups -OCH3 is 1. The number of aromatic nitrogens is 3. The predicted octanol–water partition coefficient (Wildman–Crippen LogP) is 5.20. The van der Waals surface area contributed by atoms with Crippen molar-refractivity contribution in [3.05, 3.63) is 90.9 Å². The van der Waals surface area contributed by atoms with Gasteiger partial charge in [-0.3, -0.25) is 14.5 Å². The number of carbonyl (C=O) groups is 1. The Hall–Kier alpha value is -3.59. The van der Waals surface area contributed by atoms with Crippen LogP contribution in [0.5, 0.6) is 5.75 Å². The lowest BCUT2D eigenvalue weighted by atomic mass is 9.87. The number of hydrogen-bond donors (Lipinski definition) is 1. The first kappa shape index (κ1) is 24.7. The van der Waals surface area contributed by atoms with E-state index in [0.29, 0.717) is 40.1 Å². The second-order valence-electron chi connectivity index (χ2n) is 9.82. The molecule has 0 saturated heterocycles. The number of ether oxygens (including phenoxy) is 1. The lowest BCUT2D eigenvalue weighted by Gasteiger charge is -2.36. The van der Waals surface area contributed by atoms with Gasteiger partial charge in [0.1, 0.15) is 16.5 Å². The molecule has 0 fully saturated rings. The van der Waals surface area contributed by atoms with E-state index < -0.39 is 6.04 Å². The van der Waals surface area contributed by atoms with E-state index in [4.69, 9.17) is 38.8 Å². The molecule has 2 aliphatic rings. The number of amides is 1. The molecule has 0 spiro atoms. The summed E-state index contributed by atoms with van der Waals surface area (Å²) in [5.41, 5.74) is 12.0. The second-order valence-corrected chi connectivity index (χ2v) is 10.7. The Morgan fingerprint density at radius 2 is 1.84 bits per heavy atom. The molecule has 0 aliphatic carbocycles. The Bertz CT molecular complexity index is 1720. The van der Waals surface area contributed by atoms with Gasteiger partial charge < -0.3 is 15.0 Å². The van der Waals surface area contributed by atoms with Gasteiger partial charge in [0.15, 0.2) is 5.69 Å². The van der Waals surface area contributed by atoms with E-state index in [-0.39, 0.29) is 22.4 Å². The van der Waals surface area contributed by atoms with Crippen LogP contribution in [0.15, 0.2) is 47.3 Å². The average Bonchev–Trinajstić information content (AvgIpc) is 3.42. The SMILES string of the molecule is COc1ccc(CN)cc1-n1nc2c(c1C(C)C)C1c3ccc(Cl)cc3-c3c(cc(Cl)c(=O)n3C)N1C2=O. The molecule has 38 heavy (non-hydrogen) atoms. The van der Waals surface area contributed by atoms with Crippen LogP contribution >= 0.6 is 23.2 Å². The first-order valence-electron chi connectivity index (χ1n) is 12.2. The number of halogens is 2. The van der Waals surface area contributed by atoms with Crippen molar-refractivity contribution in [2.24, 2.45) is 12.8 Å². The van der Waals surface area contributed by atoms with Crippen molar-refractivity contribution in [2.45, 2.75) is 32.4 Å². The van der Waals surface area contributed by atoms with Gasteiger partial charge in [0.05, 0.1) is 30.2 Å². The van der Waals surface area contributed by atoms with E-state index >= 15 is 0 Å². The number of nitrogens with two attached hydrogens (primary N) is 1. The molecule has 8 nitrogen and oxygen atoms in total. The predicted molar refractivity (Wildman–Crippen MR) is 148 cm³/mol. The van der Waals surface area contributed by atoms with Gasteiger partial charge in [-0.25, -0.2) is 4.68 Å². The fourth-order valence-electron chi connectivity index (χ4n) is 5.70. The molecule has 2 aromatic carbocycles. The lowest BCUT2D eigenvalue weighted by Crippen LogP contribution is -2.36. The number of carbonyl (C=O) groups excluding carboxylic acids is 1. The zero-order chi connectivity index (χ0) is 27.0. The third-order valence-electron chi connectivity index (χ3n) is 7.34. The Kier molecular flexibility index (Phi) is 5.68. The average molecular weight is 550 g/mol.